The summed E-state index contributed by atoms with van der Waals surface area (Å²) in [5.41, 5.74) is 4.82. The van der Waals surface area contributed by atoms with Crippen molar-refractivity contribution in [3.8, 4) is 5.75 Å². The van der Waals surface area contributed by atoms with Crippen LogP contribution in [-0.2, 0) is 9.53 Å². The summed E-state index contributed by atoms with van der Waals surface area (Å²) in [4.78, 5) is 23.5. The van der Waals surface area contributed by atoms with Crippen LogP contribution in [0.15, 0.2) is 30.3 Å². The maximum Gasteiger partial charge on any atom is 0.413 e. The molecule has 1 amide bonds. The number of rotatable bonds is 4. The molecule has 1 aromatic carbocycles. The largest absolute Gasteiger partial charge is 0.458 e. The van der Waals surface area contributed by atoms with Crippen LogP contribution in [0.1, 0.15) is 20.8 Å². The fourth-order valence-electron chi connectivity index (χ4n) is 1.35. The van der Waals surface area contributed by atoms with Gasteiger partial charge in [-0.1, -0.05) is 18.2 Å². The number of hydrogen-bond acceptors (Lipinski definition) is 5. The van der Waals surface area contributed by atoms with Crippen molar-refractivity contribution in [2.45, 2.75) is 32.4 Å². The second-order valence-electron chi connectivity index (χ2n) is 5.17. The molecule has 0 fully saturated rings. The summed E-state index contributed by atoms with van der Waals surface area (Å²) < 4.78 is 10.2. The van der Waals surface area contributed by atoms with E-state index < -0.39 is 23.7 Å². The van der Waals surface area contributed by atoms with Gasteiger partial charge in [-0.05, 0) is 32.9 Å². The van der Waals surface area contributed by atoms with Crippen molar-refractivity contribution in [1.82, 2.24) is 5.32 Å². The van der Waals surface area contributed by atoms with Gasteiger partial charge in [0, 0.05) is 6.54 Å². The van der Waals surface area contributed by atoms with E-state index in [1.807, 2.05) is 0 Å². The third kappa shape index (κ3) is 5.71. The van der Waals surface area contributed by atoms with Gasteiger partial charge in [0.15, 0.2) is 0 Å². The Hall–Kier alpha value is -2.08. The fraction of sp³-hybridized carbons (Fsp3) is 0.429. The van der Waals surface area contributed by atoms with Crippen LogP contribution in [0.25, 0.3) is 0 Å². The predicted molar refractivity (Wildman–Crippen MR) is 74.3 cm³/mol. The third-order valence-electron chi connectivity index (χ3n) is 2.17. The van der Waals surface area contributed by atoms with E-state index in [2.05, 4.69) is 5.32 Å². The molecule has 0 bridgehead atoms. The number of nitrogens with two attached hydrogens (primary N) is 1. The Bertz CT molecular complexity index is 454. The summed E-state index contributed by atoms with van der Waals surface area (Å²) in [6, 6.07) is 7.59. The first kappa shape index (κ1) is 16.0. The van der Waals surface area contributed by atoms with Crippen molar-refractivity contribution in [3.63, 3.8) is 0 Å². The molecule has 1 atom stereocenters. The Morgan fingerprint density at radius 1 is 1.25 bits per heavy atom. The Labute approximate surface area is 118 Å². The number of esters is 1. The van der Waals surface area contributed by atoms with Crippen LogP contribution in [0.2, 0.25) is 0 Å². The molecular weight excluding hydrogens is 260 g/mol. The lowest BCUT2D eigenvalue weighted by molar-refractivity contribution is -0.156. The Kier molecular flexibility index (Phi) is 5.52. The Balaban J connectivity index is 2.55. The smallest absolute Gasteiger partial charge is 0.413 e. The predicted octanol–water partition coefficient (Wildman–Crippen LogP) is 1.44. The molecule has 3 N–H and O–H groups in total. The van der Waals surface area contributed by atoms with Crippen molar-refractivity contribution >= 4 is 12.1 Å². The number of para-hydroxylation sites is 1. The normalized spacial score (nSPS) is 12.4. The second-order valence-corrected chi connectivity index (χ2v) is 5.17. The molecule has 1 aromatic rings. The molecule has 1 rings (SSSR count). The number of carbonyl (C=O) groups is 2. The van der Waals surface area contributed by atoms with Gasteiger partial charge in [-0.15, -0.1) is 0 Å². The molecule has 0 aliphatic carbocycles. The van der Waals surface area contributed by atoms with Gasteiger partial charge in [-0.25, -0.2) is 9.59 Å². The zero-order valence-corrected chi connectivity index (χ0v) is 11.9. The average molecular weight is 280 g/mol. The zero-order valence-electron chi connectivity index (χ0n) is 11.9. The minimum Gasteiger partial charge on any atom is -0.458 e. The van der Waals surface area contributed by atoms with Crippen LogP contribution in [0.5, 0.6) is 5.75 Å². The standard InChI is InChI=1S/C14H20N2O4/c1-14(2,3)20-12(17)11(9-15)16-13(18)19-10-7-5-4-6-8-10/h4-8,11H,9,15H2,1-3H3,(H,16,18)/t11-/m0/s1. The molecule has 0 heterocycles. The summed E-state index contributed by atoms with van der Waals surface area (Å²) in [6.07, 6.45) is -0.752. The van der Waals surface area contributed by atoms with E-state index in [0.29, 0.717) is 5.75 Å². The highest BCUT2D eigenvalue weighted by molar-refractivity contribution is 5.82. The fourth-order valence-corrected chi connectivity index (χ4v) is 1.35. The quantitative estimate of drug-likeness (QED) is 0.814. The number of ether oxygens (including phenoxy) is 2. The lowest BCUT2D eigenvalue weighted by Crippen LogP contribution is -2.49. The minimum atomic E-state index is -0.939. The number of benzene rings is 1. The molecule has 0 radical (unpaired) electrons. The number of amides is 1. The SMILES string of the molecule is CC(C)(C)OC(=O)[C@H](CN)NC(=O)Oc1ccccc1. The molecule has 0 saturated carbocycles. The van der Waals surface area contributed by atoms with Gasteiger partial charge >= 0.3 is 12.1 Å². The number of carbonyl (C=O) groups excluding carboxylic acids is 2. The highest BCUT2D eigenvalue weighted by Gasteiger charge is 2.26. The van der Waals surface area contributed by atoms with Crippen LogP contribution >= 0.6 is 0 Å². The second kappa shape index (κ2) is 6.91. The van der Waals surface area contributed by atoms with E-state index in [4.69, 9.17) is 15.2 Å². The van der Waals surface area contributed by atoms with Crippen LogP contribution in [0.4, 0.5) is 4.79 Å². The highest BCUT2D eigenvalue weighted by Crippen LogP contribution is 2.10. The Morgan fingerprint density at radius 3 is 2.35 bits per heavy atom. The lowest BCUT2D eigenvalue weighted by atomic mass is 10.2. The molecule has 6 nitrogen and oxygen atoms in total. The minimum absolute atomic E-state index is 0.0706. The van der Waals surface area contributed by atoms with Crippen molar-refractivity contribution in [1.29, 1.82) is 0 Å². The highest BCUT2D eigenvalue weighted by atomic mass is 16.6. The third-order valence-corrected chi connectivity index (χ3v) is 2.17. The maximum atomic E-state index is 11.8. The van der Waals surface area contributed by atoms with E-state index in [9.17, 15) is 9.59 Å². The molecule has 0 aliphatic rings. The molecule has 20 heavy (non-hydrogen) atoms. The summed E-state index contributed by atoms with van der Waals surface area (Å²) in [7, 11) is 0. The summed E-state index contributed by atoms with van der Waals surface area (Å²) >= 11 is 0. The Morgan fingerprint density at radius 2 is 1.85 bits per heavy atom. The van der Waals surface area contributed by atoms with Crippen LogP contribution in [-0.4, -0.2) is 30.3 Å². The first-order chi connectivity index (χ1) is 9.31. The van der Waals surface area contributed by atoms with Gasteiger partial charge in [0.05, 0.1) is 0 Å². The first-order valence-electron chi connectivity index (χ1n) is 6.28. The van der Waals surface area contributed by atoms with Gasteiger partial charge in [-0.2, -0.15) is 0 Å². The summed E-state index contributed by atoms with van der Waals surface area (Å²) in [5.74, 6) is -0.213. The van der Waals surface area contributed by atoms with Crippen LogP contribution in [0, 0.1) is 0 Å². The van der Waals surface area contributed by atoms with Crippen LogP contribution < -0.4 is 15.8 Å². The average Bonchev–Trinajstić information content (AvgIpc) is 2.35. The van der Waals surface area contributed by atoms with E-state index in [-0.39, 0.29) is 6.54 Å². The molecule has 110 valence electrons. The number of hydrogen-bond donors (Lipinski definition) is 2. The monoisotopic (exact) mass is 280 g/mol. The van der Waals surface area contributed by atoms with Crippen molar-refractivity contribution in [2.24, 2.45) is 5.73 Å². The lowest BCUT2D eigenvalue weighted by Gasteiger charge is -2.23. The zero-order chi connectivity index (χ0) is 15.2. The van der Waals surface area contributed by atoms with Gasteiger partial charge in [0.1, 0.15) is 17.4 Å². The molecule has 6 heteroatoms. The number of nitrogens with one attached hydrogen (secondary N) is 1. The summed E-state index contributed by atoms with van der Waals surface area (Å²) in [6.45, 7) is 5.14. The molecule has 0 aliphatic heterocycles. The molecule has 0 spiro atoms. The maximum absolute atomic E-state index is 11.8. The van der Waals surface area contributed by atoms with Gasteiger partial charge in [0.2, 0.25) is 0 Å². The van der Waals surface area contributed by atoms with Crippen molar-refractivity contribution in [2.75, 3.05) is 6.54 Å². The molecular formula is C14H20N2O4. The summed E-state index contributed by atoms with van der Waals surface area (Å²) in [5, 5.41) is 2.38. The van der Waals surface area contributed by atoms with Gasteiger partial charge < -0.3 is 20.5 Å². The van der Waals surface area contributed by atoms with E-state index in [0.717, 1.165) is 0 Å². The molecule has 0 saturated heterocycles. The van der Waals surface area contributed by atoms with E-state index in [1.165, 1.54) is 0 Å². The van der Waals surface area contributed by atoms with E-state index >= 15 is 0 Å². The van der Waals surface area contributed by atoms with Gasteiger partial charge in [0.25, 0.3) is 0 Å². The van der Waals surface area contributed by atoms with Crippen LogP contribution in [0.3, 0.4) is 0 Å². The van der Waals surface area contributed by atoms with Crippen molar-refractivity contribution in [3.05, 3.63) is 30.3 Å². The van der Waals surface area contributed by atoms with Gasteiger partial charge in [-0.3, -0.25) is 0 Å². The molecule has 0 aromatic heterocycles. The first-order valence-corrected chi connectivity index (χ1v) is 6.28. The van der Waals surface area contributed by atoms with E-state index in [1.54, 1.807) is 51.1 Å². The topological polar surface area (TPSA) is 90.6 Å². The molecule has 0 unspecified atom stereocenters. The van der Waals surface area contributed by atoms with Crippen molar-refractivity contribution < 1.29 is 19.1 Å².